The van der Waals surface area contributed by atoms with Gasteiger partial charge < -0.3 is 9.84 Å². The Morgan fingerprint density at radius 2 is 1.78 bits per heavy atom. The Bertz CT molecular complexity index is 1850. The maximum absolute atomic E-state index is 13.9. The van der Waals surface area contributed by atoms with E-state index in [0.29, 0.717) is 28.1 Å². The van der Waals surface area contributed by atoms with Gasteiger partial charge in [0, 0.05) is 24.3 Å². The van der Waals surface area contributed by atoms with E-state index in [0.717, 1.165) is 9.47 Å². The van der Waals surface area contributed by atoms with Gasteiger partial charge in [0.2, 0.25) is 0 Å². The number of ether oxygens (including phenoxy) is 1. The molecule has 210 valence electrons. The van der Waals surface area contributed by atoms with E-state index in [1.807, 2.05) is 0 Å². The number of rotatable bonds is 3. The molecule has 2 aromatic carbocycles. The topological polar surface area (TPSA) is 116 Å². The Morgan fingerprint density at radius 3 is 2.51 bits per heavy atom. The number of benzene rings is 2. The third-order valence-electron chi connectivity index (χ3n) is 8.44. The highest BCUT2D eigenvalue weighted by molar-refractivity contribution is 9.09. The minimum atomic E-state index is -1.95. The number of alkyl halides is 3. The SMILES string of the molecule is O=C1N(CBr)C(=O)C2(Cl)C(C3=COc4ccc(O)cc4C3)C3=CCn4c(=O)n(-c5ccccc5)c(=O)n4C3CC12Cl. The van der Waals surface area contributed by atoms with Crippen molar-refractivity contribution in [2.75, 3.05) is 5.45 Å². The Kier molecular flexibility index (Phi) is 5.77. The van der Waals surface area contributed by atoms with E-state index in [1.165, 1.54) is 21.7 Å². The molecule has 4 unspecified atom stereocenters. The fourth-order valence-electron chi connectivity index (χ4n) is 6.62. The van der Waals surface area contributed by atoms with Crippen molar-refractivity contribution in [3.05, 3.63) is 98.5 Å². The summed E-state index contributed by atoms with van der Waals surface area (Å²) in [6, 6.07) is 12.4. The van der Waals surface area contributed by atoms with Crippen LogP contribution >= 0.6 is 39.1 Å². The summed E-state index contributed by atoms with van der Waals surface area (Å²) in [6.07, 6.45) is 3.31. The molecule has 3 aliphatic heterocycles. The number of halogens is 3. The second-order valence-corrected chi connectivity index (χ2v) is 12.2. The first-order valence-electron chi connectivity index (χ1n) is 12.8. The summed E-state index contributed by atoms with van der Waals surface area (Å²) >= 11 is 17.7. The van der Waals surface area contributed by atoms with Crippen LogP contribution in [-0.4, -0.2) is 51.0 Å². The maximum Gasteiger partial charge on any atom is 0.352 e. The van der Waals surface area contributed by atoms with Crippen molar-refractivity contribution in [2.45, 2.75) is 35.2 Å². The van der Waals surface area contributed by atoms with E-state index in [4.69, 9.17) is 27.9 Å². The number of allylic oxidation sites excluding steroid dienone is 3. The zero-order valence-corrected chi connectivity index (χ0v) is 24.3. The van der Waals surface area contributed by atoms with Gasteiger partial charge in [-0.05, 0) is 41.5 Å². The summed E-state index contributed by atoms with van der Waals surface area (Å²) < 4.78 is 9.59. The molecule has 2 fully saturated rings. The van der Waals surface area contributed by atoms with Crippen molar-refractivity contribution < 1.29 is 19.4 Å². The van der Waals surface area contributed by atoms with Crippen LogP contribution in [0.3, 0.4) is 0 Å². The maximum atomic E-state index is 13.9. The Balaban J connectivity index is 1.44. The van der Waals surface area contributed by atoms with Crippen LogP contribution in [0.4, 0.5) is 0 Å². The van der Waals surface area contributed by atoms with Gasteiger partial charge in [0.05, 0.1) is 30.0 Å². The first kappa shape index (κ1) is 26.4. The predicted molar refractivity (Wildman–Crippen MR) is 153 cm³/mol. The van der Waals surface area contributed by atoms with E-state index < -0.39 is 44.9 Å². The summed E-state index contributed by atoms with van der Waals surface area (Å²) in [5.74, 6) is -1.76. The number of nitrogens with zero attached hydrogens (tertiary/aromatic N) is 4. The molecule has 4 heterocycles. The summed E-state index contributed by atoms with van der Waals surface area (Å²) in [5.41, 5.74) is 0.916. The van der Waals surface area contributed by atoms with Crippen LogP contribution < -0.4 is 16.1 Å². The van der Waals surface area contributed by atoms with Gasteiger partial charge in [-0.2, -0.15) is 0 Å². The van der Waals surface area contributed by atoms with Gasteiger partial charge in [-0.25, -0.2) is 23.5 Å². The van der Waals surface area contributed by atoms with Crippen LogP contribution in [0.2, 0.25) is 0 Å². The minimum Gasteiger partial charge on any atom is -0.508 e. The molecule has 0 radical (unpaired) electrons. The number of hydrogen-bond acceptors (Lipinski definition) is 6. The lowest BCUT2D eigenvalue weighted by Gasteiger charge is -2.49. The molecule has 7 rings (SSSR count). The van der Waals surface area contributed by atoms with Gasteiger partial charge in [0.15, 0.2) is 9.75 Å². The van der Waals surface area contributed by atoms with Gasteiger partial charge in [-0.1, -0.05) is 40.2 Å². The van der Waals surface area contributed by atoms with Gasteiger partial charge >= 0.3 is 11.4 Å². The average Bonchev–Trinajstić information content (AvgIpc) is 3.30. The van der Waals surface area contributed by atoms with E-state index in [9.17, 15) is 24.3 Å². The zero-order chi connectivity index (χ0) is 28.8. The van der Waals surface area contributed by atoms with E-state index in [1.54, 1.807) is 48.5 Å². The molecule has 0 spiro atoms. The second-order valence-electron chi connectivity index (χ2n) is 10.5. The van der Waals surface area contributed by atoms with Crippen molar-refractivity contribution in [1.82, 2.24) is 18.8 Å². The number of aromatic nitrogens is 3. The van der Waals surface area contributed by atoms with Crippen LogP contribution in [0, 0.1) is 5.92 Å². The van der Waals surface area contributed by atoms with Crippen LogP contribution in [0.5, 0.6) is 11.5 Å². The number of aromatic hydroxyl groups is 1. The molecule has 4 aliphatic rings. The summed E-state index contributed by atoms with van der Waals surface area (Å²) in [6.45, 7) is 0.0360. The number of phenols is 1. The number of fused-ring (bicyclic) bond motifs is 5. The molecule has 1 aliphatic carbocycles. The van der Waals surface area contributed by atoms with Crippen LogP contribution in [-0.2, 0) is 22.6 Å². The number of para-hydroxylation sites is 1. The number of carbonyl (C=O) groups excluding carboxylic acids is 2. The molecule has 1 aromatic heterocycles. The Labute approximate surface area is 250 Å². The van der Waals surface area contributed by atoms with Crippen molar-refractivity contribution in [3.8, 4) is 17.2 Å². The van der Waals surface area contributed by atoms with Crippen molar-refractivity contribution >= 4 is 50.9 Å². The second kappa shape index (κ2) is 8.98. The highest BCUT2D eigenvalue weighted by Crippen LogP contribution is 2.62. The number of amides is 2. The Hall–Kier alpha value is -3.54. The van der Waals surface area contributed by atoms with Crippen LogP contribution in [0.15, 0.2) is 81.6 Å². The predicted octanol–water partition coefficient (Wildman–Crippen LogP) is 3.20. The van der Waals surface area contributed by atoms with Crippen molar-refractivity contribution in [2.24, 2.45) is 5.92 Å². The number of likely N-dealkylation sites (tertiary alicyclic amines) is 1. The molecule has 3 aromatic rings. The molecule has 41 heavy (non-hydrogen) atoms. The molecule has 0 bridgehead atoms. The standard InChI is InChI=1S/C28H21BrCl2N4O6/c29-14-32-23(37)27(30)12-20-19(8-9-33-25(39)34(26(40)35(20)33)17-4-2-1-3-5-17)22(28(27,31)24(32)38)16-10-15-11-18(36)6-7-21(15)41-13-16/h1-8,11,13,20,22,36H,9-10,12,14H2. The molecule has 2 amide bonds. The highest BCUT2D eigenvalue weighted by atomic mass is 79.9. The number of hydrogen-bond donors (Lipinski definition) is 1. The van der Waals surface area contributed by atoms with E-state index >= 15 is 0 Å². The molecule has 13 heteroatoms. The first-order valence-corrected chi connectivity index (χ1v) is 14.7. The van der Waals surface area contributed by atoms with Gasteiger partial charge in [0.25, 0.3) is 11.8 Å². The van der Waals surface area contributed by atoms with Gasteiger partial charge in [0.1, 0.15) is 11.5 Å². The molecule has 1 saturated carbocycles. The molecular formula is C28H21BrCl2N4O6. The lowest BCUT2D eigenvalue weighted by Crippen LogP contribution is -2.61. The number of imide groups is 1. The summed E-state index contributed by atoms with van der Waals surface area (Å²) in [5, 5.41) is 10.1. The van der Waals surface area contributed by atoms with Gasteiger partial charge in [-0.3, -0.25) is 14.5 Å². The summed E-state index contributed by atoms with van der Waals surface area (Å²) in [7, 11) is 0. The lowest BCUT2D eigenvalue weighted by molar-refractivity contribution is -0.138. The monoisotopic (exact) mass is 658 g/mol. The molecule has 4 atom stereocenters. The molecular weight excluding hydrogens is 639 g/mol. The fourth-order valence-corrected chi connectivity index (χ4v) is 8.04. The summed E-state index contributed by atoms with van der Waals surface area (Å²) in [4.78, 5) is 52.1. The fraction of sp³-hybridized carbons (Fsp3) is 0.286. The van der Waals surface area contributed by atoms with E-state index in [-0.39, 0.29) is 30.6 Å². The molecule has 1 saturated heterocycles. The number of phenolic OH excluding ortho intramolecular Hbond substituents is 1. The van der Waals surface area contributed by atoms with Crippen molar-refractivity contribution in [1.29, 1.82) is 0 Å². The zero-order valence-electron chi connectivity index (χ0n) is 21.2. The molecule has 10 nitrogen and oxygen atoms in total. The van der Waals surface area contributed by atoms with Crippen molar-refractivity contribution in [3.63, 3.8) is 0 Å². The Morgan fingerprint density at radius 1 is 1.02 bits per heavy atom. The number of carbonyl (C=O) groups is 2. The smallest absolute Gasteiger partial charge is 0.352 e. The van der Waals surface area contributed by atoms with E-state index in [2.05, 4.69) is 15.9 Å². The first-order chi connectivity index (χ1) is 19.6. The molecule has 1 N–H and O–H groups in total. The third-order valence-corrected chi connectivity index (χ3v) is 10.4. The van der Waals surface area contributed by atoms with Crippen LogP contribution in [0.1, 0.15) is 18.0 Å². The largest absolute Gasteiger partial charge is 0.508 e. The van der Waals surface area contributed by atoms with Crippen LogP contribution in [0.25, 0.3) is 5.69 Å². The minimum absolute atomic E-state index is 0.0360. The third kappa shape index (κ3) is 3.36. The highest BCUT2D eigenvalue weighted by Gasteiger charge is 2.75. The normalized spacial score (nSPS) is 28.2. The lowest BCUT2D eigenvalue weighted by atomic mass is 9.63. The quantitative estimate of drug-likeness (QED) is 0.200. The van der Waals surface area contributed by atoms with Gasteiger partial charge in [-0.15, -0.1) is 23.2 Å². The average molecular weight is 660 g/mol.